The predicted octanol–water partition coefficient (Wildman–Crippen LogP) is 1.48. The third-order valence-electron chi connectivity index (χ3n) is 1.77. The van der Waals surface area contributed by atoms with E-state index in [-0.39, 0.29) is 4.90 Å². The molecule has 2 rings (SSSR count). The summed E-state index contributed by atoms with van der Waals surface area (Å²) < 4.78 is 22.0. The molecule has 1 aliphatic rings. The summed E-state index contributed by atoms with van der Waals surface area (Å²) in [5, 5.41) is 0. The zero-order chi connectivity index (χ0) is 10.2. The standard InChI is InChI=1S/C8H6ClNO3S/c9-14(11,12)7-2-1-6-3-4-10-13-8(6)5-7/h1-5,10H. The molecule has 0 fully saturated rings. The summed E-state index contributed by atoms with van der Waals surface area (Å²) >= 11 is 0. The molecular formula is C8H6ClNO3S. The van der Waals surface area contributed by atoms with E-state index < -0.39 is 9.05 Å². The number of fused-ring (bicyclic) bond motifs is 1. The van der Waals surface area contributed by atoms with Gasteiger partial charge in [-0.2, -0.15) is 0 Å². The van der Waals surface area contributed by atoms with Gasteiger partial charge in [-0.05, 0) is 18.2 Å². The van der Waals surface area contributed by atoms with Gasteiger partial charge in [-0.1, -0.05) is 0 Å². The third-order valence-corrected chi connectivity index (χ3v) is 3.12. The van der Waals surface area contributed by atoms with Crippen LogP contribution in [-0.2, 0) is 9.05 Å². The first kappa shape index (κ1) is 9.36. The average molecular weight is 232 g/mol. The van der Waals surface area contributed by atoms with Crippen LogP contribution in [0.4, 0.5) is 0 Å². The van der Waals surface area contributed by atoms with Crippen molar-refractivity contribution in [2.45, 2.75) is 4.90 Å². The van der Waals surface area contributed by atoms with Crippen LogP contribution in [-0.4, -0.2) is 8.42 Å². The number of nitrogens with one attached hydrogen (secondary N) is 1. The summed E-state index contributed by atoms with van der Waals surface area (Å²) in [6, 6.07) is 4.43. The Morgan fingerprint density at radius 2 is 2.14 bits per heavy atom. The maximum atomic E-state index is 11.0. The molecule has 74 valence electrons. The molecule has 1 N–H and O–H groups in total. The van der Waals surface area contributed by atoms with Crippen molar-refractivity contribution in [3.63, 3.8) is 0 Å². The normalized spacial score (nSPS) is 14.1. The molecule has 0 saturated heterocycles. The molecular weight excluding hydrogens is 226 g/mol. The monoisotopic (exact) mass is 231 g/mol. The Bertz CT molecular complexity index is 495. The van der Waals surface area contributed by atoms with Crippen molar-refractivity contribution in [2.75, 3.05) is 0 Å². The number of hydrogen-bond acceptors (Lipinski definition) is 4. The molecule has 1 aromatic rings. The lowest BCUT2D eigenvalue weighted by Crippen LogP contribution is -2.14. The fourth-order valence-corrected chi connectivity index (χ4v) is 1.88. The van der Waals surface area contributed by atoms with E-state index in [1.54, 1.807) is 18.3 Å². The van der Waals surface area contributed by atoms with Crippen LogP contribution >= 0.6 is 10.7 Å². The molecule has 0 radical (unpaired) electrons. The van der Waals surface area contributed by atoms with E-state index in [0.29, 0.717) is 5.75 Å². The van der Waals surface area contributed by atoms with Gasteiger partial charge in [-0.25, -0.2) is 13.9 Å². The molecule has 0 atom stereocenters. The molecule has 0 amide bonds. The predicted molar refractivity (Wildman–Crippen MR) is 52.3 cm³/mol. The summed E-state index contributed by atoms with van der Waals surface area (Å²) in [7, 11) is 1.48. The third kappa shape index (κ3) is 1.69. The second kappa shape index (κ2) is 3.18. The number of benzene rings is 1. The van der Waals surface area contributed by atoms with Gasteiger partial charge in [0.1, 0.15) is 0 Å². The number of hydroxylamine groups is 1. The Morgan fingerprint density at radius 3 is 2.86 bits per heavy atom. The molecule has 6 heteroatoms. The van der Waals surface area contributed by atoms with E-state index >= 15 is 0 Å². The minimum atomic E-state index is -3.70. The van der Waals surface area contributed by atoms with E-state index in [1.165, 1.54) is 12.1 Å². The Kier molecular flexibility index (Phi) is 2.13. The molecule has 4 nitrogen and oxygen atoms in total. The van der Waals surface area contributed by atoms with Crippen molar-refractivity contribution >= 4 is 25.8 Å². The summed E-state index contributed by atoms with van der Waals surface area (Å²) in [5.41, 5.74) is 3.30. The topological polar surface area (TPSA) is 55.4 Å². The van der Waals surface area contributed by atoms with Crippen LogP contribution in [0.25, 0.3) is 6.08 Å². The van der Waals surface area contributed by atoms with E-state index in [1.807, 2.05) is 0 Å². The van der Waals surface area contributed by atoms with Crippen molar-refractivity contribution in [3.8, 4) is 5.75 Å². The van der Waals surface area contributed by atoms with Gasteiger partial charge in [-0.3, -0.25) is 0 Å². The van der Waals surface area contributed by atoms with Gasteiger partial charge in [0.05, 0.1) is 4.90 Å². The van der Waals surface area contributed by atoms with Gasteiger partial charge in [0, 0.05) is 28.5 Å². The lowest BCUT2D eigenvalue weighted by atomic mass is 10.2. The molecule has 1 aromatic carbocycles. The molecule has 1 aliphatic heterocycles. The van der Waals surface area contributed by atoms with Gasteiger partial charge < -0.3 is 4.84 Å². The zero-order valence-electron chi connectivity index (χ0n) is 6.90. The second-order valence-electron chi connectivity index (χ2n) is 2.69. The number of halogens is 1. The van der Waals surface area contributed by atoms with Crippen LogP contribution in [0, 0.1) is 0 Å². The van der Waals surface area contributed by atoms with E-state index in [2.05, 4.69) is 5.48 Å². The summed E-state index contributed by atoms with van der Waals surface area (Å²) in [6.07, 6.45) is 3.38. The van der Waals surface area contributed by atoms with Crippen molar-refractivity contribution < 1.29 is 13.3 Å². The molecule has 0 bridgehead atoms. The first-order valence-corrected chi connectivity index (χ1v) is 6.06. The minimum Gasteiger partial charge on any atom is -0.382 e. The highest BCUT2D eigenvalue weighted by molar-refractivity contribution is 8.13. The average Bonchev–Trinajstić information content (AvgIpc) is 2.16. The van der Waals surface area contributed by atoms with Crippen LogP contribution in [0.3, 0.4) is 0 Å². The van der Waals surface area contributed by atoms with Crippen LogP contribution in [0.1, 0.15) is 5.56 Å². The smallest absolute Gasteiger partial charge is 0.261 e. The summed E-state index contributed by atoms with van der Waals surface area (Å²) in [4.78, 5) is 5.02. The summed E-state index contributed by atoms with van der Waals surface area (Å²) in [5.74, 6) is 0.439. The maximum absolute atomic E-state index is 11.0. The van der Waals surface area contributed by atoms with E-state index in [0.717, 1.165) is 5.56 Å². The Morgan fingerprint density at radius 1 is 1.36 bits per heavy atom. The van der Waals surface area contributed by atoms with Gasteiger partial charge in [0.2, 0.25) is 0 Å². The number of hydrogen-bond donors (Lipinski definition) is 1. The summed E-state index contributed by atoms with van der Waals surface area (Å²) in [6.45, 7) is 0. The highest BCUT2D eigenvalue weighted by Gasteiger charge is 2.14. The quantitative estimate of drug-likeness (QED) is 0.744. The second-order valence-corrected chi connectivity index (χ2v) is 5.26. The van der Waals surface area contributed by atoms with Crippen molar-refractivity contribution in [2.24, 2.45) is 0 Å². The van der Waals surface area contributed by atoms with Gasteiger partial charge in [0.15, 0.2) is 5.75 Å². The fourth-order valence-electron chi connectivity index (χ4n) is 1.11. The molecule has 0 unspecified atom stereocenters. The minimum absolute atomic E-state index is 0.0232. The largest absolute Gasteiger partial charge is 0.382 e. The highest BCUT2D eigenvalue weighted by Crippen LogP contribution is 2.27. The van der Waals surface area contributed by atoms with E-state index in [9.17, 15) is 8.42 Å². The lowest BCUT2D eigenvalue weighted by molar-refractivity contribution is 0.238. The molecule has 1 heterocycles. The number of rotatable bonds is 1. The highest BCUT2D eigenvalue weighted by atomic mass is 35.7. The van der Waals surface area contributed by atoms with Crippen molar-refractivity contribution in [3.05, 3.63) is 30.0 Å². The molecule has 0 spiro atoms. The van der Waals surface area contributed by atoms with Crippen LogP contribution in [0.15, 0.2) is 29.3 Å². The first-order chi connectivity index (χ1) is 6.57. The van der Waals surface area contributed by atoms with Crippen molar-refractivity contribution in [1.29, 1.82) is 0 Å². The van der Waals surface area contributed by atoms with Crippen LogP contribution in [0.5, 0.6) is 5.75 Å². The molecule has 0 saturated carbocycles. The van der Waals surface area contributed by atoms with Gasteiger partial charge >= 0.3 is 0 Å². The Hall–Kier alpha value is -1.20. The fraction of sp³-hybridized carbons (Fsp3) is 0. The van der Waals surface area contributed by atoms with Crippen molar-refractivity contribution in [1.82, 2.24) is 5.48 Å². The molecule has 0 aromatic heterocycles. The Labute approximate surface area is 85.5 Å². The Balaban J connectivity index is 2.55. The SMILES string of the molecule is O=S(=O)(Cl)c1ccc2c(c1)ONC=C2. The maximum Gasteiger partial charge on any atom is 0.261 e. The van der Waals surface area contributed by atoms with Gasteiger partial charge in [0.25, 0.3) is 9.05 Å². The van der Waals surface area contributed by atoms with Gasteiger partial charge in [-0.15, -0.1) is 0 Å². The van der Waals surface area contributed by atoms with Crippen LogP contribution < -0.4 is 10.3 Å². The lowest BCUT2D eigenvalue weighted by Gasteiger charge is -2.12. The first-order valence-electron chi connectivity index (χ1n) is 3.75. The molecule has 14 heavy (non-hydrogen) atoms. The zero-order valence-corrected chi connectivity index (χ0v) is 8.47. The van der Waals surface area contributed by atoms with Crippen LogP contribution in [0.2, 0.25) is 0 Å². The van der Waals surface area contributed by atoms with E-state index in [4.69, 9.17) is 15.5 Å². The molecule has 0 aliphatic carbocycles.